The monoisotopic (exact) mass is 420 g/mol. The number of thioether (sulfide) groups is 1. The zero-order valence-corrected chi connectivity index (χ0v) is 15.2. The lowest BCUT2D eigenvalue weighted by Crippen LogP contribution is -2.74. The van der Waals surface area contributed by atoms with Gasteiger partial charge >= 0.3 is 18.1 Å². The number of carbonyl (C=O) groups excluding carboxylic acids is 2. The predicted molar refractivity (Wildman–Crippen MR) is 85.5 cm³/mol. The molecule has 2 amide bonds. The molecule has 3 atom stereocenters. The summed E-state index contributed by atoms with van der Waals surface area (Å²) < 4.78 is 39.0. The number of β-lactam (4-membered cyclic amide) rings is 1. The van der Waals surface area contributed by atoms with E-state index in [0.717, 1.165) is 16.7 Å². The second-order valence-corrected chi connectivity index (χ2v) is 8.71. The first-order valence-electron chi connectivity index (χ1n) is 7.77. The number of carboxylic acids is 1. The van der Waals surface area contributed by atoms with Crippen molar-refractivity contribution in [3.8, 4) is 0 Å². The van der Waals surface area contributed by atoms with Gasteiger partial charge in [0.15, 0.2) is 4.34 Å². The number of nitrogens with zero attached hydrogens (tertiary/aromatic N) is 4. The van der Waals surface area contributed by atoms with Crippen LogP contribution in [0.5, 0.6) is 0 Å². The number of piperidine rings is 1. The van der Waals surface area contributed by atoms with Crippen LogP contribution in [-0.4, -0.2) is 67.7 Å². The quantitative estimate of drug-likeness (QED) is 0.734. The Bertz CT molecular complexity index is 899. The molecule has 2 fully saturated rings. The van der Waals surface area contributed by atoms with Crippen molar-refractivity contribution in [2.24, 2.45) is 5.92 Å². The molecule has 4 rings (SSSR count). The zero-order valence-electron chi connectivity index (χ0n) is 13.6. The minimum atomic E-state index is -5.09. The molecule has 3 aliphatic heterocycles. The van der Waals surface area contributed by atoms with Crippen LogP contribution < -0.4 is 0 Å². The van der Waals surface area contributed by atoms with Crippen molar-refractivity contribution in [2.45, 2.75) is 35.9 Å². The number of rotatable bonds is 3. The molecule has 0 aromatic carbocycles. The van der Waals surface area contributed by atoms with E-state index in [4.69, 9.17) is 0 Å². The first kappa shape index (κ1) is 18.2. The first-order valence-corrected chi connectivity index (χ1v) is 9.41. The number of carbonyl (C=O) groups is 3. The molecule has 0 spiro atoms. The van der Waals surface area contributed by atoms with Gasteiger partial charge in [0.05, 0.1) is 6.04 Å². The van der Waals surface area contributed by atoms with Gasteiger partial charge in [-0.3, -0.25) is 14.5 Å². The molecule has 13 heteroatoms. The fourth-order valence-electron chi connectivity index (χ4n) is 3.78. The van der Waals surface area contributed by atoms with Gasteiger partial charge in [0.25, 0.3) is 5.91 Å². The van der Waals surface area contributed by atoms with Crippen molar-refractivity contribution >= 4 is 40.9 Å². The number of likely N-dealkylation sites (tertiary alicyclic amines) is 1. The minimum Gasteiger partial charge on any atom is -0.477 e. The van der Waals surface area contributed by atoms with Crippen LogP contribution in [0.2, 0.25) is 0 Å². The van der Waals surface area contributed by atoms with Crippen LogP contribution in [0.25, 0.3) is 0 Å². The minimum absolute atomic E-state index is 0.129. The zero-order chi connectivity index (χ0) is 19.7. The van der Waals surface area contributed by atoms with Crippen LogP contribution >= 0.6 is 23.1 Å². The lowest BCUT2D eigenvalue weighted by molar-refractivity contribution is -0.198. The summed E-state index contributed by atoms with van der Waals surface area (Å²) in [7, 11) is 0. The summed E-state index contributed by atoms with van der Waals surface area (Å²) in [6, 6.07) is -2.08. The molecule has 144 valence electrons. The molecular formula is C14H11F3N4O4S2. The number of hydrogen-bond acceptors (Lipinski definition) is 7. The van der Waals surface area contributed by atoms with Gasteiger partial charge < -0.3 is 10.0 Å². The number of carboxylic acid groups (broad SMARTS) is 1. The van der Waals surface area contributed by atoms with Crippen molar-refractivity contribution in [1.82, 2.24) is 20.0 Å². The van der Waals surface area contributed by atoms with Gasteiger partial charge in [0.1, 0.15) is 16.7 Å². The van der Waals surface area contributed by atoms with Gasteiger partial charge in [-0.2, -0.15) is 13.2 Å². The van der Waals surface area contributed by atoms with Crippen molar-refractivity contribution in [2.75, 3.05) is 6.54 Å². The Morgan fingerprint density at radius 3 is 2.59 bits per heavy atom. The van der Waals surface area contributed by atoms with E-state index in [2.05, 4.69) is 10.2 Å². The van der Waals surface area contributed by atoms with Gasteiger partial charge in [-0.05, 0) is 13.3 Å². The highest BCUT2D eigenvalue weighted by atomic mass is 32.2. The largest absolute Gasteiger partial charge is 0.477 e. The summed E-state index contributed by atoms with van der Waals surface area (Å²) in [6.07, 6.45) is -4.96. The highest BCUT2D eigenvalue weighted by molar-refractivity contribution is 8.04. The lowest BCUT2D eigenvalue weighted by Gasteiger charge is -2.53. The van der Waals surface area contributed by atoms with E-state index in [0.29, 0.717) is 19.2 Å². The Morgan fingerprint density at radius 1 is 1.33 bits per heavy atom. The third-order valence-electron chi connectivity index (χ3n) is 4.76. The normalized spacial score (nSPS) is 27.0. The van der Waals surface area contributed by atoms with Gasteiger partial charge in [0, 0.05) is 17.4 Å². The maximum atomic E-state index is 12.8. The third kappa shape index (κ3) is 2.63. The number of hydrogen-bond donors (Lipinski definition) is 1. The average Bonchev–Trinajstić information content (AvgIpc) is 3.13. The van der Waals surface area contributed by atoms with Crippen LogP contribution in [0.4, 0.5) is 13.2 Å². The number of aromatic nitrogens is 2. The highest BCUT2D eigenvalue weighted by Crippen LogP contribution is 2.54. The molecule has 4 heterocycles. The van der Waals surface area contributed by atoms with Crippen LogP contribution in [0.3, 0.4) is 0 Å². The van der Waals surface area contributed by atoms with E-state index < -0.39 is 42.0 Å². The van der Waals surface area contributed by atoms with E-state index >= 15 is 0 Å². The fraction of sp³-hybridized carbons (Fsp3) is 0.500. The maximum Gasteiger partial charge on any atom is 0.471 e. The molecule has 0 radical (unpaired) electrons. The van der Waals surface area contributed by atoms with Crippen LogP contribution in [0.1, 0.15) is 11.4 Å². The molecule has 1 aromatic rings. The molecule has 8 nitrogen and oxygen atoms in total. The summed E-state index contributed by atoms with van der Waals surface area (Å²) in [4.78, 5) is 37.7. The Kier molecular flexibility index (Phi) is 4.00. The molecule has 0 aliphatic carbocycles. The molecule has 0 saturated carbocycles. The van der Waals surface area contributed by atoms with E-state index in [9.17, 15) is 32.7 Å². The van der Waals surface area contributed by atoms with Gasteiger partial charge in [-0.25, -0.2) is 4.79 Å². The predicted octanol–water partition coefficient (Wildman–Crippen LogP) is 1.24. The van der Waals surface area contributed by atoms with E-state index in [1.807, 2.05) is 0 Å². The Labute approximate surface area is 158 Å². The van der Waals surface area contributed by atoms with Crippen molar-refractivity contribution in [3.05, 3.63) is 15.6 Å². The van der Waals surface area contributed by atoms with E-state index in [1.165, 1.54) is 11.3 Å². The van der Waals surface area contributed by atoms with Gasteiger partial charge in [-0.1, -0.05) is 23.1 Å². The van der Waals surface area contributed by atoms with Gasteiger partial charge in [0.2, 0.25) is 0 Å². The topological polar surface area (TPSA) is 104 Å². The molecule has 2 saturated heterocycles. The van der Waals surface area contributed by atoms with Gasteiger partial charge in [-0.15, -0.1) is 10.2 Å². The number of aliphatic carboxylic acids is 1. The lowest BCUT2D eigenvalue weighted by atomic mass is 9.80. The molecule has 1 N–H and O–H groups in total. The molecule has 3 aliphatic rings. The van der Waals surface area contributed by atoms with Crippen LogP contribution in [0.15, 0.2) is 14.9 Å². The number of amides is 2. The third-order valence-corrected chi connectivity index (χ3v) is 6.87. The number of alkyl halides is 3. The average molecular weight is 420 g/mol. The highest BCUT2D eigenvalue weighted by Gasteiger charge is 2.66. The maximum absolute atomic E-state index is 12.8. The Balaban J connectivity index is 1.68. The fourth-order valence-corrected chi connectivity index (χ4v) is 5.95. The van der Waals surface area contributed by atoms with Crippen molar-refractivity contribution in [1.29, 1.82) is 0 Å². The molecule has 0 bridgehead atoms. The second kappa shape index (κ2) is 5.92. The number of halogens is 3. The summed E-state index contributed by atoms with van der Waals surface area (Å²) in [6.45, 7) is 1.46. The smallest absolute Gasteiger partial charge is 0.471 e. The number of aryl methyl sites for hydroxylation is 1. The summed E-state index contributed by atoms with van der Waals surface area (Å²) >= 11 is 2.31. The standard InChI is InChI=1S/C14H11F3N4O4S2/c1-4-18-19-13(26-4)27-9-5-2-3-20(12(25)14(15,16)17)7-6(5)21(10(7)22)8(9)11(23)24/h5-7H,2-3H2,1H3,(H,23,24)/t5?,6-,7+/m1/s1. The molecule has 27 heavy (non-hydrogen) atoms. The first-order chi connectivity index (χ1) is 12.6. The molecule has 1 unspecified atom stereocenters. The van der Waals surface area contributed by atoms with E-state index in [-0.39, 0.29) is 18.7 Å². The molecular weight excluding hydrogens is 409 g/mol. The summed E-state index contributed by atoms with van der Waals surface area (Å²) in [5.41, 5.74) is -0.245. The second-order valence-electron chi connectivity index (χ2n) is 6.24. The summed E-state index contributed by atoms with van der Waals surface area (Å²) in [5, 5.41) is 18.0. The SMILES string of the molecule is Cc1nnc(SC2=C(C(=O)O)N3C(=O)[C@@H]4[C@H]3C2CCN4C(=O)C(F)(F)F)s1. The van der Waals surface area contributed by atoms with E-state index in [1.54, 1.807) is 6.92 Å². The van der Waals surface area contributed by atoms with Crippen LogP contribution in [-0.2, 0) is 14.4 Å². The van der Waals surface area contributed by atoms with Crippen molar-refractivity contribution in [3.63, 3.8) is 0 Å². The summed E-state index contributed by atoms with van der Waals surface area (Å²) in [5.74, 6) is -4.67. The Hall–Kier alpha value is -2.15. The Morgan fingerprint density at radius 2 is 2.04 bits per heavy atom. The van der Waals surface area contributed by atoms with Crippen molar-refractivity contribution < 1.29 is 32.7 Å². The van der Waals surface area contributed by atoms with Crippen LogP contribution in [0, 0.1) is 12.8 Å². The molecule has 1 aromatic heterocycles.